The average Bonchev–Trinajstić information content (AvgIpc) is 2.66. The second-order valence-electron chi connectivity index (χ2n) is 3.96. The molecule has 1 aliphatic heterocycles. The molecule has 1 fully saturated rings. The van der Waals surface area contributed by atoms with Gasteiger partial charge in [-0.2, -0.15) is 0 Å². The minimum absolute atomic E-state index is 0.0975. The van der Waals surface area contributed by atoms with Gasteiger partial charge >= 0.3 is 0 Å². The first-order valence-corrected chi connectivity index (χ1v) is 7.53. The van der Waals surface area contributed by atoms with Crippen molar-refractivity contribution in [2.24, 2.45) is 5.73 Å². The first-order chi connectivity index (χ1) is 8.50. The summed E-state index contributed by atoms with van der Waals surface area (Å²) in [5.41, 5.74) is 5.92. The second-order valence-corrected chi connectivity index (χ2v) is 6.50. The fourth-order valence-corrected chi connectivity index (χ4v) is 3.48. The van der Waals surface area contributed by atoms with E-state index < -0.39 is 10.0 Å². The molecular weight excluding hydrogens is 272 g/mol. The lowest BCUT2D eigenvalue weighted by Crippen LogP contribution is -2.26. The number of benzene rings is 1. The van der Waals surface area contributed by atoms with E-state index in [1.165, 1.54) is 4.31 Å². The van der Waals surface area contributed by atoms with Crippen molar-refractivity contribution < 1.29 is 13.2 Å². The number of hydrogen-bond acceptors (Lipinski definition) is 4. The summed E-state index contributed by atoms with van der Waals surface area (Å²) in [5, 5.41) is 0. The second kappa shape index (κ2) is 5.11. The van der Waals surface area contributed by atoms with Crippen LogP contribution in [0.5, 0.6) is 5.75 Å². The molecule has 0 saturated carbocycles. The van der Waals surface area contributed by atoms with E-state index in [2.05, 4.69) is 0 Å². The SMILES string of the molecule is NC(=S)COc1ccccc1N1CCCS1(=O)=O. The number of hydrogen-bond donors (Lipinski definition) is 1. The van der Waals surface area contributed by atoms with Gasteiger partial charge in [-0.1, -0.05) is 24.4 Å². The van der Waals surface area contributed by atoms with Crippen LogP contribution in [0.4, 0.5) is 5.69 Å². The Labute approximate surface area is 112 Å². The molecule has 1 aromatic rings. The van der Waals surface area contributed by atoms with Crippen LogP contribution in [0.1, 0.15) is 6.42 Å². The molecule has 1 aliphatic rings. The highest BCUT2D eigenvalue weighted by atomic mass is 32.2. The number of para-hydroxylation sites is 2. The molecule has 0 radical (unpaired) electrons. The Bertz CT molecular complexity index is 557. The zero-order valence-electron chi connectivity index (χ0n) is 9.70. The Balaban J connectivity index is 2.30. The van der Waals surface area contributed by atoms with Crippen molar-refractivity contribution in [1.29, 1.82) is 0 Å². The van der Waals surface area contributed by atoms with Crippen LogP contribution in [-0.2, 0) is 10.0 Å². The molecule has 2 N–H and O–H groups in total. The molecule has 0 aliphatic carbocycles. The Morgan fingerprint density at radius 3 is 2.78 bits per heavy atom. The van der Waals surface area contributed by atoms with Crippen molar-refractivity contribution in [3.63, 3.8) is 0 Å². The minimum Gasteiger partial charge on any atom is -0.484 e. The van der Waals surface area contributed by atoms with Gasteiger partial charge in [-0.05, 0) is 18.6 Å². The Kier molecular flexibility index (Phi) is 3.72. The summed E-state index contributed by atoms with van der Waals surface area (Å²) in [5.74, 6) is 0.659. The summed E-state index contributed by atoms with van der Waals surface area (Å²) >= 11 is 4.74. The third-order valence-electron chi connectivity index (χ3n) is 2.60. The highest BCUT2D eigenvalue weighted by Crippen LogP contribution is 2.32. The van der Waals surface area contributed by atoms with Gasteiger partial charge < -0.3 is 10.5 Å². The van der Waals surface area contributed by atoms with Gasteiger partial charge in [-0.3, -0.25) is 4.31 Å². The summed E-state index contributed by atoms with van der Waals surface area (Å²) in [6, 6.07) is 6.98. The van der Waals surface area contributed by atoms with E-state index in [-0.39, 0.29) is 17.3 Å². The molecule has 1 aromatic carbocycles. The van der Waals surface area contributed by atoms with E-state index in [0.717, 1.165) is 0 Å². The van der Waals surface area contributed by atoms with Crippen molar-refractivity contribution in [2.75, 3.05) is 23.2 Å². The lowest BCUT2D eigenvalue weighted by atomic mass is 10.3. The summed E-state index contributed by atoms with van der Waals surface area (Å²) in [7, 11) is -3.21. The maximum absolute atomic E-state index is 11.9. The first-order valence-electron chi connectivity index (χ1n) is 5.51. The molecule has 0 atom stereocenters. The molecule has 1 heterocycles. The van der Waals surface area contributed by atoms with Crippen LogP contribution < -0.4 is 14.8 Å². The van der Waals surface area contributed by atoms with Gasteiger partial charge in [0.15, 0.2) is 0 Å². The molecule has 0 bridgehead atoms. The summed E-state index contributed by atoms with van der Waals surface area (Å²) in [6.07, 6.45) is 0.631. The maximum atomic E-state index is 11.9. The van der Waals surface area contributed by atoms with Crippen LogP contribution in [-0.4, -0.2) is 32.3 Å². The van der Waals surface area contributed by atoms with Crippen LogP contribution in [0.2, 0.25) is 0 Å². The van der Waals surface area contributed by atoms with Crippen LogP contribution in [0.15, 0.2) is 24.3 Å². The summed E-state index contributed by atoms with van der Waals surface area (Å²) < 4.78 is 30.6. The molecule has 0 unspecified atom stereocenters. The highest BCUT2D eigenvalue weighted by molar-refractivity contribution is 7.93. The van der Waals surface area contributed by atoms with Crippen LogP contribution in [0.25, 0.3) is 0 Å². The van der Waals surface area contributed by atoms with Gasteiger partial charge in [0.25, 0.3) is 0 Å². The molecule has 0 aromatic heterocycles. The quantitative estimate of drug-likeness (QED) is 0.832. The Hall–Kier alpha value is -1.34. The van der Waals surface area contributed by atoms with Gasteiger partial charge in [0.05, 0.1) is 11.4 Å². The number of rotatable bonds is 4. The van der Waals surface area contributed by atoms with E-state index in [0.29, 0.717) is 24.4 Å². The molecule has 7 heteroatoms. The number of ether oxygens (including phenoxy) is 1. The van der Waals surface area contributed by atoms with Crippen molar-refractivity contribution >= 4 is 32.9 Å². The van der Waals surface area contributed by atoms with Gasteiger partial charge in [0.2, 0.25) is 10.0 Å². The van der Waals surface area contributed by atoms with Crippen molar-refractivity contribution in [1.82, 2.24) is 0 Å². The van der Waals surface area contributed by atoms with Crippen molar-refractivity contribution in [3.05, 3.63) is 24.3 Å². The number of nitrogens with two attached hydrogens (primary N) is 1. The Morgan fingerprint density at radius 1 is 1.44 bits per heavy atom. The lowest BCUT2D eigenvalue weighted by Gasteiger charge is -2.20. The van der Waals surface area contributed by atoms with E-state index in [1.54, 1.807) is 24.3 Å². The third kappa shape index (κ3) is 2.73. The smallest absolute Gasteiger partial charge is 0.235 e. The Morgan fingerprint density at radius 2 is 2.17 bits per heavy atom. The van der Waals surface area contributed by atoms with Crippen LogP contribution in [0, 0.1) is 0 Å². The van der Waals surface area contributed by atoms with Crippen LogP contribution >= 0.6 is 12.2 Å². The largest absolute Gasteiger partial charge is 0.484 e. The lowest BCUT2D eigenvalue weighted by molar-refractivity contribution is 0.378. The number of sulfonamides is 1. The zero-order valence-corrected chi connectivity index (χ0v) is 11.3. The molecule has 1 saturated heterocycles. The van der Waals surface area contributed by atoms with Gasteiger partial charge in [0.1, 0.15) is 17.3 Å². The fraction of sp³-hybridized carbons (Fsp3) is 0.364. The molecular formula is C11H14N2O3S2. The molecule has 2 rings (SSSR count). The van der Waals surface area contributed by atoms with Crippen molar-refractivity contribution in [2.45, 2.75) is 6.42 Å². The maximum Gasteiger partial charge on any atom is 0.235 e. The first kappa shape index (κ1) is 13.1. The molecule has 0 spiro atoms. The van der Waals surface area contributed by atoms with Gasteiger partial charge in [-0.15, -0.1) is 0 Å². The fourth-order valence-electron chi connectivity index (χ4n) is 1.84. The van der Waals surface area contributed by atoms with E-state index in [9.17, 15) is 8.42 Å². The predicted octanol–water partition coefficient (Wildman–Crippen LogP) is 0.891. The highest BCUT2D eigenvalue weighted by Gasteiger charge is 2.30. The van der Waals surface area contributed by atoms with E-state index in [1.807, 2.05) is 0 Å². The normalized spacial score (nSPS) is 17.7. The standard InChI is InChI=1S/C11H14N2O3S2/c12-11(17)8-16-10-5-2-1-4-9(10)13-6-3-7-18(13,14)15/h1-2,4-5H,3,6-8H2,(H2,12,17). The van der Waals surface area contributed by atoms with Crippen molar-refractivity contribution in [3.8, 4) is 5.75 Å². The third-order valence-corrected chi connectivity index (χ3v) is 4.58. The monoisotopic (exact) mass is 286 g/mol. The molecule has 0 amide bonds. The van der Waals surface area contributed by atoms with E-state index in [4.69, 9.17) is 22.7 Å². The average molecular weight is 286 g/mol. The van der Waals surface area contributed by atoms with Crippen LogP contribution in [0.3, 0.4) is 0 Å². The van der Waals surface area contributed by atoms with Gasteiger partial charge in [0, 0.05) is 6.54 Å². The summed E-state index contributed by atoms with van der Waals surface area (Å²) in [4.78, 5) is 0.231. The minimum atomic E-state index is -3.21. The number of anilines is 1. The predicted molar refractivity (Wildman–Crippen MR) is 74.5 cm³/mol. The van der Waals surface area contributed by atoms with E-state index >= 15 is 0 Å². The molecule has 98 valence electrons. The molecule has 18 heavy (non-hydrogen) atoms. The summed E-state index contributed by atoms with van der Waals surface area (Å²) in [6.45, 7) is 0.579. The topological polar surface area (TPSA) is 72.6 Å². The van der Waals surface area contributed by atoms with Gasteiger partial charge in [-0.25, -0.2) is 8.42 Å². The zero-order chi connectivity index (χ0) is 13.2. The molecule has 5 nitrogen and oxygen atoms in total. The number of nitrogens with zero attached hydrogens (tertiary/aromatic N) is 1. The number of thiocarbonyl (C=S) groups is 1.